The first kappa shape index (κ1) is 23.9. The molecule has 0 bridgehead atoms. The first-order valence-corrected chi connectivity index (χ1v) is 14.1. The van der Waals surface area contributed by atoms with Crippen molar-refractivity contribution in [2.24, 2.45) is 11.7 Å². The number of piperidine rings is 1. The van der Waals surface area contributed by atoms with E-state index in [1.54, 1.807) is 53.4 Å². The molecule has 3 aliphatic rings. The van der Waals surface area contributed by atoms with Crippen molar-refractivity contribution in [1.29, 1.82) is 5.41 Å². The van der Waals surface area contributed by atoms with Gasteiger partial charge in [0.15, 0.2) is 11.5 Å². The number of hydrogen-bond acceptors (Lipinski definition) is 6. The Bertz CT molecular complexity index is 2060. The van der Waals surface area contributed by atoms with Gasteiger partial charge in [-0.2, -0.15) is 0 Å². The van der Waals surface area contributed by atoms with Gasteiger partial charge in [-0.3, -0.25) is 19.8 Å². The van der Waals surface area contributed by atoms with E-state index in [9.17, 15) is 14.4 Å². The highest BCUT2D eigenvalue weighted by Gasteiger charge is 2.68. The molecule has 1 spiro atoms. The summed E-state index contributed by atoms with van der Waals surface area (Å²) in [4.78, 5) is 45.3. The van der Waals surface area contributed by atoms with Gasteiger partial charge in [0, 0.05) is 51.3 Å². The highest BCUT2D eigenvalue weighted by Crippen LogP contribution is 2.68. The van der Waals surface area contributed by atoms with Gasteiger partial charge in [-0.15, -0.1) is 11.3 Å². The molecule has 5 N–H and O–H groups in total. The standard InChI is InChI=1S/C31H23N5O4S/c1-14-13-41-27-22(37)10-25-31(26(14)27)11-18(31)12-36(25)30(39)21-8-16-7-19(3-4-20(16)35-21)34-29(38)24-9-17-6-15(28(32)33)2-5-23(17)40-24/h2-10,13,18,35H,11-12H2,1H3,(H3,32,33)(H,34,38). The number of amides is 2. The maximum atomic E-state index is 13.7. The van der Waals surface area contributed by atoms with Crippen LogP contribution in [0.3, 0.4) is 0 Å². The van der Waals surface area contributed by atoms with Crippen molar-refractivity contribution in [2.45, 2.75) is 18.8 Å². The summed E-state index contributed by atoms with van der Waals surface area (Å²) in [5.41, 5.74) is 11.2. The Kier molecular flexibility index (Phi) is 4.69. The van der Waals surface area contributed by atoms with Crippen molar-refractivity contribution < 1.29 is 18.8 Å². The van der Waals surface area contributed by atoms with E-state index in [1.807, 2.05) is 18.4 Å². The van der Waals surface area contributed by atoms with E-state index >= 15 is 0 Å². The molecule has 10 heteroatoms. The van der Waals surface area contributed by atoms with Gasteiger partial charge in [0.25, 0.3) is 11.8 Å². The Balaban J connectivity index is 1.05. The fraction of sp³-hybridized carbons (Fsp3) is 0.161. The van der Waals surface area contributed by atoms with E-state index < -0.39 is 5.91 Å². The second kappa shape index (κ2) is 8.05. The minimum absolute atomic E-state index is 0.0233. The number of nitrogens with two attached hydrogens (primary N) is 1. The molecule has 9 nitrogen and oxygen atoms in total. The van der Waals surface area contributed by atoms with E-state index in [-0.39, 0.29) is 28.7 Å². The van der Waals surface area contributed by atoms with Crippen LogP contribution < -0.4 is 11.1 Å². The number of nitrogens with one attached hydrogen (secondary N) is 3. The second-order valence-electron chi connectivity index (χ2n) is 11.0. The number of thiophene rings is 1. The number of nitrogen functional groups attached to an aromatic ring is 1. The van der Waals surface area contributed by atoms with Crippen molar-refractivity contribution in [2.75, 3.05) is 11.9 Å². The molecule has 2 unspecified atom stereocenters. The molecule has 4 heterocycles. The van der Waals surface area contributed by atoms with E-state index in [2.05, 4.69) is 10.3 Å². The van der Waals surface area contributed by atoms with Crippen LogP contribution in [0, 0.1) is 18.3 Å². The van der Waals surface area contributed by atoms with Crippen molar-refractivity contribution in [3.63, 3.8) is 0 Å². The number of carbonyl (C=O) groups is 3. The average molecular weight is 562 g/mol. The van der Waals surface area contributed by atoms with Crippen LogP contribution in [0.2, 0.25) is 0 Å². The maximum absolute atomic E-state index is 13.7. The van der Waals surface area contributed by atoms with E-state index in [4.69, 9.17) is 15.6 Å². The Morgan fingerprint density at radius 1 is 1.17 bits per heavy atom. The summed E-state index contributed by atoms with van der Waals surface area (Å²) in [6.45, 7) is 2.64. The lowest BCUT2D eigenvalue weighted by Gasteiger charge is -2.28. The molecule has 2 aliphatic carbocycles. The molecular formula is C31H23N5O4S. The maximum Gasteiger partial charge on any atom is 0.291 e. The van der Waals surface area contributed by atoms with Gasteiger partial charge in [0.1, 0.15) is 17.1 Å². The van der Waals surface area contributed by atoms with Crippen LogP contribution in [0.1, 0.15) is 53.8 Å². The quantitative estimate of drug-likeness (QED) is 0.173. The zero-order chi connectivity index (χ0) is 28.2. The summed E-state index contributed by atoms with van der Waals surface area (Å²) in [6, 6.07) is 13.8. The largest absolute Gasteiger partial charge is 0.451 e. The van der Waals surface area contributed by atoms with E-state index in [0.29, 0.717) is 40.4 Å². The molecule has 2 amide bonds. The van der Waals surface area contributed by atoms with Gasteiger partial charge in [-0.1, -0.05) is 0 Å². The number of aromatic amines is 1. The lowest BCUT2D eigenvalue weighted by molar-refractivity contribution is 0.0806. The molecule has 41 heavy (non-hydrogen) atoms. The number of ketones is 1. The van der Waals surface area contributed by atoms with Crippen molar-refractivity contribution in [1.82, 2.24) is 9.88 Å². The first-order valence-electron chi connectivity index (χ1n) is 13.2. The van der Waals surface area contributed by atoms with Crippen LogP contribution in [0.25, 0.3) is 21.9 Å². The zero-order valence-corrected chi connectivity index (χ0v) is 22.6. The molecule has 0 radical (unpaired) electrons. The third-order valence-corrected chi connectivity index (χ3v) is 9.69. The molecule has 8 rings (SSSR count). The highest BCUT2D eigenvalue weighted by molar-refractivity contribution is 7.12. The van der Waals surface area contributed by atoms with Gasteiger partial charge in [0.05, 0.1) is 4.88 Å². The number of furan rings is 1. The van der Waals surface area contributed by atoms with Crippen LogP contribution in [0.15, 0.2) is 70.1 Å². The molecule has 2 atom stereocenters. The summed E-state index contributed by atoms with van der Waals surface area (Å²) < 4.78 is 5.70. The SMILES string of the molecule is Cc1csc2c1C13CC1CN(C(=O)c1cc4cc(NC(=O)c5cc6cc(C(=N)N)ccc6o5)ccc4[nH]1)C3=CC2=O. The lowest BCUT2D eigenvalue weighted by atomic mass is 9.84. The Morgan fingerprint density at radius 2 is 2.02 bits per heavy atom. The van der Waals surface area contributed by atoms with Crippen LogP contribution in [0.5, 0.6) is 0 Å². The fourth-order valence-corrected chi connectivity index (χ4v) is 7.66. The van der Waals surface area contributed by atoms with Crippen LogP contribution >= 0.6 is 11.3 Å². The van der Waals surface area contributed by atoms with Crippen molar-refractivity contribution in [3.8, 4) is 0 Å². The number of rotatable bonds is 4. The Morgan fingerprint density at radius 3 is 2.85 bits per heavy atom. The van der Waals surface area contributed by atoms with Crippen LogP contribution in [-0.2, 0) is 5.41 Å². The number of H-pyrrole nitrogens is 1. The monoisotopic (exact) mass is 561 g/mol. The molecule has 2 aromatic carbocycles. The number of benzene rings is 2. The smallest absolute Gasteiger partial charge is 0.291 e. The number of allylic oxidation sites excluding steroid dienone is 2. The summed E-state index contributed by atoms with van der Waals surface area (Å²) >= 11 is 1.50. The molecule has 5 aromatic rings. The second-order valence-corrected chi connectivity index (χ2v) is 11.9. The summed E-state index contributed by atoms with van der Waals surface area (Å²) in [6.07, 6.45) is 2.64. The van der Waals surface area contributed by atoms with Crippen LogP contribution in [-0.4, -0.2) is 39.9 Å². The summed E-state index contributed by atoms with van der Waals surface area (Å²) in [5.74, 6) is -0.211. The average Bonchev–Trinajstić information content (AvgIpc) is 3.40. The Hall–Kier alpha value is -4.96. The number of likely N-dealkylation sites (tertiary alicyclic amines) is 1. The number of amidine groups is 1. The molecule has 1 saturated heterocycles. The van der Waals surface area contributed by atoms with Gasteiger partial charge in [0.2, 0.25) is 0 Å². The number of anilines is 1. The number of fused-ring (bicyclic) bond motifs is 3. The topological polar surface area (TPSA) is 145 Å². The predicted molar refractivity (Wildman–Crippen MR) is 156 cm³/mol. The third-order valence-electron chi connectivity index (χ3n) is 8.57. The normalized spacial score (nSPS) is 20.5. The van der Waals surface area contributed by atoms with Gasteiger partial charge >= 0.3 is 0 Å². The predicted octanol–water partition coefficient (Wildman–Crippen LogP) is 5.31. The molecule has 3 aromatic heterocycles. The first-order chi connectivity index (χ1) is 19.7. The van der Waals surface area contributed by atoms with Crippen molar-refractivity contribution >= 4 is 62.3 Å². The fourth-order valence-electron chi connectivity index (χ4n) is 6.61. The number of nitrogens with zero attached hydrogens (tertiary/aromatic N) is 1. The van der Waals surface area contributed by atoms with Gasteiger partial charge in [-0.05, 0) is 84.3 Å². The number of carbonyl (C=O) groups excluding carboxylic acids is 3. The zero-order valence-electron chi connectivity index (χ0n) is 21.8. The molecule has 2 fully saturated rings. The highest BCUT2D eigenvalue weighted by atomic mass is 32.1. The van der Waals surface area contributed by atoms with Crippen molar-refractivity contribution in [3.05, 3.63) is 98.7 Å². The molecule has 1 aliphatic heterocycles. The van der Waals surface area contributed by atoms with Crippen LogP contribution in [0.4, 0.5) is 5.69 Å². The lowest BCUT2D eigenvalue weighted by Crippen LogP contribution is -2.33. The molecular weight excluding hydrogens is 538 g/mol. The number of aryl methyl sites for hydroxylation is 1. The Labute approximate surface area is 237 Å². The van der Waals surface area contributed by atoms with E-state index in [1.165, 1.54) is 11.3 Å². The molecule has 1 saturated carbocycles. The number of hydrogen-bond donors (Lipinski definition) is 4. The van der Waals surface area contributed by atoms with Gasteiger partial charge < -0.3 is 25.4 Å². The summed E-state index contributed by atoms with van der Waals surface area (Å²) in [7, 11) is 0. The third kappa shape index (κ3) is 3.34. The minimum atomic E-state index is -0.421. The van der Waals surface area contributed by atoms with Gasteiger partial charge in [-0.25, -0.2) is 0 Å². The minimum Gasteiger partial charge on any atom is -0.451 e. The summed E-state index contributed by atoms with van der Waals surface area (Å²) in [5, 5.41) is 13.9. The van der Waals surface area contributed by atoms with E-state index in [0.717, 1.165) is 39.0 Å². The number of aromatic nitrogens is 1. The molecule has 202 valence electrons.